The van der Waals surface area contributed by atoms with Crippen LogP contribution in [0.15, 0.2) is 0 Å². The molecule has 104 valence electrons. The number of rotatable bonds is 5. The van der Waals surface area contributed by atoms with Crippen molar-refractivity contribution in [1.29, 1.82) is 0 Å². The number of hydrogen-bond acceptors (Lipinski definition) is 3. The van der Waals surface area contributed by atoms with E-state index in [0.717, 1.165) is 32.3 Å². The van der Waals surface area contributed by atoms with Gasteiger partial charge in [-0.3, -0.25) is 4.79 Å². The van der Waals surface area contributed by atoms with Crippen LogP contribution in [0.3, 0.4) is 0 Å². The fraction of sp³-hybridized carbons (Fsp3) is 0.929. The van der Waals surface area contributed by atoms with E-state index in [1.165, 1.54) is 19.3 Å². The zero-order valence-electron chi connectivity index (χ0n) is 11.5. The molecular formula is C14H26N2O2. The topological polar surface area (TPSA) is 50.4 Å². The van der Waals surface area contributed by atoms with Crippen LogP contribution in [0.25, 0.3) is 0 Å². The molecule has 18 heavy (non-hydrogen) atoms. The smallest absolute Gasteiger partial charge is 0.221 e. The van der Waals surface area contributed by atoms with Crippen molar-refractivity contribution in [3.8, 4) is 0 Å². The lowest BCUT2D eigenvalue weighted by molar-refractivity contribution is -0.123. The molecule has 0 radical (unpaired) electrons. The maximum atomic E-state index is 12.0. The van der Waals surface area contributed by atoms with Crippen molar-refractivity contribution in [2.45, 2.75) is 63.0 Å². The van der Waals surface area contributed by atoms with E-state index >= 15 is 0 Å². The van der Waals surface area contributed by atoms with Crippen LogP contribution in [-0.2, 0) is 9.53 Å². The Labute approximate surface area is 110 Å². The first-order valence-corrected chi connectivity index (χ1v) is 7.31. The van der Waals surface area contributed by atoms with Gasteiger partial charge in [0.2, 0.25) is 5.91 Å². The van der Waals surface area contributed by atoms with E-state index in [0.29, 0.717) is 13.0 Å². The monoisotopic (exact) mass is 254 g/mol. The maximum absolute atomic E-state index is 12.0. The summed E-state index contributed by atoms with van der Waals surface area (Å²) in [5.74, 6) is 0.168. The Morgan fingerprint density at radius 2 is 2.06 bits per heavy atom. The highest BCUT2D eigenvalue weighted by Crippen LogP contribution is 2.30. The molecule has 1 amide bonds. The Hall–Kier alpha value is -0.610. The second-order valence-electron chi connectivity index (χ2n) is 5.71. The second kappa shape index (κ2) is 6.53. The average Bonchev–Trinajstić information content (AvgIpc) is 2.91. The van der Waals surface area contributed by atoms with Crippen molar-refractivity contribution in [3.63, 3.8) is 0 Å². The van der Waals surface area contributed by atoms with E-state index in [1.54, 1.807) is 0 Å². The Morgan fingerprint density at radius 1 is 1.28 bits per heavy atom. The Bertz CT molecular complexity index is 269. The van der Waals surface area contributed by atoms with E-state index in [4.69, 9.17) is 4.74 Å². The summed E-state index contributed by atoms with van der Waals surface area (Å²) in [6, 6.07) is 0. The van der Waals surface area contributed by atoms with Gasteiger partial charge in [-0.05, 0) is 32.7 Å². The van der Waals surface area contributed by atoms with Gasteiger partial charge in [-0.25, -0.2) is 0 Å². The number of ether oxygens (including phenoxy) is 1. The van der Waals surface area contributed by atoms with Crippen molar-refractivity contribution in [2.24, 2.45) is 0 Å². The first kappa shape index (κ1) is 13.8. The highest BCUT2D eigenvalue weighted by Gasteiger charge is 2.32. The van der Waals surface area contributed by atoms with Gasteiger partial charge in [0.15, 0.2) is 0 Å². The molecule has 2 fully saturated rings. The summed E-state index contributed by atoms with van der Waals surface area (Å²) < 4.78 is 5.51. The van der Waals surface area contributed by atoms with Gasteiger partial charge < -0.3 is 15.4 Å². The standard InChI is InChI=1S/C14H26N2O2/c1-15-14(7-3-2-4-8-14)10-13(17)16-11-12-6-5-9-18-12/h12,15H,2-11H2,1H3,(H,16,17). The molecule has 1 aliphatic heterocycles. The van der Waals surface area contributed by atoms with Gasteiger partial charge in [0, 0.05) is 25.1 Å². The third-order valence-corrected chi connectivity index (χ3v) is 4.39. The van der Waals surface area contributed by atoms with Crippen LogP contribution in [0.2, 0.25) is 0 Å². The summed E-state index contributed by atoms with van der Waals surface area (Å²) in [6.07, 6.45) is 9.08. The molecule has 0 spiro atoms. The Morgan fingerprint density at radius 3 is 2.67 bits per heavy atom. The van der Waals surface area contributed by atoms with Crippen LogP contribution >= 0.6 is 0 Å². The lowest BCUT2D eigenvalue weighted by Crippen LogP contribution is -2.48. The van der Waals surface area contributed by atoms with Crippen LogP contribution in [0.5, 0.6) is 0 Å². The minimum atomic E-state index is 0.0405. The second-order valence-corrected chi connectivity index (χ2v) is 5.71. The molecule has 1 aliphatic carbocycles. The van der Waals surface area contributed by atoms with Gasteiger partial charge in [-0.2, -0.15) is 0 Å². The maximum Gasteiger partial charge on any atom is 0.221 e. The Balaban J connectivity index is 1.74. The number of hydrogen-bond donors (Lipinski definition) is 2. The molecule has 1 heterocycles. The number of amides is 1. The fourth-order valence-electron chi connectivity index (χ4n) is 3.15. The zero-order chi connectivity index (χ0) is 12.8. The molecule has 0 bridgehead atoms. The van der Waals surface area contributed by atoms with Gasteiger partial charge in [-0.15, -0.1) is 0 Å². The highest BCUT2D eigenvalue weighted by atomic mass is 16.5. The zero-order valence-corrected chi connectivity index (χ0v) is 11.5. The SMILES string of the molecule is CNC1(CC(=O)NCC2CCCO2)CCCCC1. The average molecular weight is 254 g/mol. The van der Waals surface area contributed by atoms with E-state index in [9.17, 15) is 4.79 Å². The summed E-state index contributed by atoms with van der Waals surface area (Å²) in [4.78, 5) is 12.0. The molecule has 0 aromatic carbocycles. The third-order valence-electron chi connectivity index (χ3n) is 4.39. The molecule has 0 aromatic rings. The molecule has 2 aliphatic rings. The van der Waals surface area contributed by atoms with E-state index in [-0.39, 0.29) is 17.6 Å². The van der Waals surface area contributed by atoms with Crippen molar-refractivity contribution in [1.82, 2.24) is 10.6 Å². The Kier molecular flexibility index (Phi) is 5.01. The van der Waals surface area contributed by atoms with Gasteiger partial charge >= 0.3 is 0 Å². The summed E-state index contributed by atoms with van der Waals surface area (Å²) in [7, 11) is 1.98. The summed E-state index contributed by atoms with van der Waals surface area (Å²) >= 11 is 0. The fourth-order valence-corrected chi connectivity index (χ4v) is 3.15. The summed E-state index contributed by atoms with van der Waals surface area (Å²) in [5.41, 5.74) is 0.0405. The molecule has 1 saturated heterocycles. The van der Waals surface area contributed by atoms with Crippen LogP contribution < -0.4 is 10.6 Å². The predicted octanol–water partition coefficient (Wildman–Crippen LogP) is 1.59. The van der Waals surface area contributed by atoms with Gasteiger partial charge in [0.1, 0.15) is 0 Å². The van der Waals surface area contributed by atoms with Crippen LogP contribution in [-0.4, -0.2) is 37.7 Å². The third kappa shape index (κ3) is 3.69. The molecule has 2 N–H and O–H groups in total. The van der Waals surface area contributed by atoms with Crippen molar-refractivity contribution in [2.75, 3.05) is 20.2 Å². The largest absolute Gasteiger partial charge is 0.376 e. The minimum Gasteiger partial charge on any atom is -0.376 e. The summed E-state index contributed by atoms with van der Waals surface area (Å²) in [5, 5.41) is 6.41. The van der Waals surface area contributed by atoms with Crippen molar-refractivity contribution in [3.05, 3.63) is 0 Å². The number of carbonyl (C=O) groups excluding carboxylic acids is 1. The van der Waals surface area contributed by atoms with Crippen LogP contribution in [0.1, 0.15) is 51.4 Å². The predicted molar refractivity (Wildman–Crippen MR) is 71.5 cm³/mol. The van der Waals surface area contributed by atoms with E-state index in [1.807, 2.05) is 7.05 Å². The highest BCUT2D eigenvalue weighted by molar-refractivity contribution is 5.77. The van der Waals surface area contributed by atoms with Gasteiger partial charge in [0.05, 0.1) is 6.10 Å². The quantitative estimate of drug-likeness (QED) is 0.783. The van der Waals surface area contributed by atoms with Crippen molar-refractivity contribution >= 4 is 5.91 Å². The molecule has 0 aromatic heterocycles. The van der Waals surface area contributed by atoms with Crippen LogP contribution in [0.4, 0.5) is 0 Å². The first-order chi connectivity index (χ1) is 8.74. The number of nitrogens with one attached hydrogen (secondary N) is 2. The van der Waals surface area contributed by atoms with Gasteiger partial charge in [-0.1, -0.05) is 19.3 Å². The number of carbonyl (C=O) groups is 1. The van der Waals surface area contributed by atoms with E-state index in [2.05, 4.69) is 10.6 Å². The molecular weight excluding hydrogens is 228 g/mol. The minimum absolute atomic E-state index is 0.0405. The summed E-state index contributed by atoms with van der Waals surface area (Å²) in [6.45, 7) is 1.53. The van der Waals surface area contributed by atoms with Crippen LogP contribution in [0, 0.1) is 0 Å². The lowest BCUT2D eigenvalue weighted by Gasteiger charge is -2.36. The first-order valence-electron chi connectivity index (χ1n) is 7.31. The van der Waals surface area contributed by atoms with Crippen molar-refractivity contribution < 1.29 is 9.53 Å². The normalized spacial score (nSPS) is 27.1. The molecule has 1 atom stereocenters. The molecule has 2 rings (SSSR count). The molecule has 1 unspecified atom stereocenters. The molecule has 4 nitrogen and oxygen atoms in total. The van der Waals surface area contributed by atoms with E-state index < -0.39 is 0 Å². The lowest BCUT2D eigenvalue weighted by atomic mass is 9.79. The molecule has 4 heteroatoms. The molecule has 1 saturated carbocycles. The van der Waals surface area contributed by atoms with Gasteiger partial charge in [0.25, 0.3) is 0 Å².